The fourth-order valence-electron chi connectivity index (χ4n) is 4.67. The largest absolute Gasteiger partial charge is 0.454 e. The second-order valence-electron chi connectivity index (χ2n) is 9.39. The molecule has 0 spiro atoms. The summed E-state index contributed by atoms with van der Waals surface area (Å²) in [6.07, 6.45) is 5.32. The number of rotatable bonds is 8. The summed E-state index contributed by atoms with van der Waals surface area (Å²) >= 11 is 2.32. The third kappa shape index (κ3) is 5.71. The van der Waals surface area contributed by atoms with Gasteiger partial charge in [-0.25, -0.2) is 0 Å². The van der Waals surface area contributed by atoms with Crippen molar-refractivity contribution in [3.63, 3.8) is 0 Å². The molecule has 3 aromatic carbocycles. The van der Waals surface area contributed by atoms with E-state index in [1.165, 1.54) is 0 Å². The third-order valence-corrected chi connectivity index (χ3v) is 8.24. The van der Waals surface area contributed by atoms with E-state index in [1.807, 2.05) is 48.7 Å². The lowest BCUT2D eigenvalue weighted by Gasteiger charge is -2.12. The third-order valence-electron chi connectivity index (χ3n) is 6.61. The van der Waals surface area contributed by atoms with E-state index in [0.717, 1.165) is 32.5 Å². The van der Waals surface area contributed by atoms with Crippen LogP contribution in [0.25, 0.3) is 17.0 Å². The Morgan fingerprint density at radius 3 is 2.52 bits per heavy atom. The number of thioether (sulfide) groups is 2. The number of imide groups is 1. The van der Waals surface area contributed by atoms with Gasteiger partial charge in [0.2, 0.25) is 18.6 Å². The van der Waals surface area contributed by atoms with Crippen molar-refractivity contribution in [3.05, 3.63) is 83.4 Å². The van der Waals surface area contributed by atoms with E-state index in [1.54, 1.807) is 52.9 Å². The minimum atomic E-state index is -0.546. The molecule has 0 aliphatic carbocycles. The standard InChI is InChI=1S/C30H24N4O6S2/c1-41-21-6-4-5-19(12-21)31-28(36)16-34-29(37)26(42-30(34)38)11-18-14-33(23-8-3-2-7-22(18)23)15-27(35)32-20-9-10-24-25(13-20)40-17-39-24/h2-14H,15-17H2,1H3,(H,31,36)(H,32,35)/b26-11-. The van der Waals surface area contributed by atoms with Gasteiger partial charge in [0.1, 0.15) is 13.1 Å². The topological polar surface area (TPSA) is 119 Å². The van der Waals surface area contributed by atoms with Gasteiger partial charge in [0, 0.05) is 45.0 Å². The molecule has 42 heavy (non-hydrogen) atoms. The summed E-state index contributed by atoms with van der Waals surface area (Å²) in [6, 6.07) is 20.0. The number of hydrogen-bond acceptors (Lipinski definition) is 8. The van der Waals surface area contributed by atoms with Crippen LogP contribution in [-0.4, -0.2) is 52.0 Å². The first-order chi connectivity index (χ1) is 20.4. The number of carbonyl (C=O) groups excluding carboxylic acids is 4. The lowest BCUT2D eigenvalue weighted by atomic mass is 10.1. The summed E-state index contributed by atoms with van der Waals surface area (Å²) in [5.41, 5.74) is 2.63. The molecule has 4 amide bonds. The highest BCUT2D eigenvalue weighted by molar-refractivity contribution is 8.18. The van der Waals surface area contributed by atoms with Crippen LogP contribution in [0.15, 0.2) is 82.7 Å². The van der Waals surface area contributed by atoms with Gasteiger partial charge in [-0.1, -0.05) is 24.3 Å². The molecule has 0 bridgehead atoms. The van der Waals surface area contributed by atoms with E-state index in [-0.39, 0.29) is 24.2 Å². The highest BCUT2D eigenvalue weighted by Crippen LogP contribution is 2.35. The van der Waals surface area contributed by atoms with E-state index in [0.29, 0.717) is 28.4 Å². The second kappa shape index (κ2) is 11.7. The molecule has 4 aromatic rings. The zero-order valence-electron chi connectivity index (χ0n) is 22.3. The SMILES string of the molecule is CSc1cccc(NC(=O)CN2C(=O)S/C(=C\c3cn(CC(=O)Nc4ccc5c(c4)OCO5)c4ccccc34)C2=O)c1. The first kappa shape index (κ1) is 27.5. The normalized spacial score (nSPS) is 15.1. The van der Waals surface area contributed by atoms with Gasteiger partial charge in [-0.15, -0.1) is 11.8 Å². The fourth-order valence-corrected chi connectivity index (χ4v) is 5.96. The molecule has 1 saturated heterocycles. The van der Waals surface area contributed by atoms with E-state index >= 15 is 0 Å². The van der Waals surface area contributed by atoms with Gasteiger partial charge < -0.3 is 24.7 Å². The number of carbonyl (C=O) groups is 4. The van der Waals surface area contributed by atoms with E-state index in [2.05, 4.69) is 10.6 Å². The second-order valence-corrected chi connectivity index (χ2v) is 11.3. The smallest absolute Gasteiger partial charge is 0.294 e. The van der Waals surface area contributed by atoms with Crippen molar-refractivity contribution in [1.29, 1.82) is 0 Å². The van der Waals surface area contributed by atoms with E-state index in [4.69, 9.17) is 9.47 Å². The van der Waals surface area contributed by atoms with Crippen molar-refractivity contribution in [2.75, 3.05) is 30.2 Å². The molecule has 2 aliphatic rings. The molecule has 2 aliphatic heterocycles. The van der Waals surface area contributed by atoms with Gasteiger partial charge in [0.25, 0.3) is 11.1 Å². The van der Waals surface area contributed by atoms with Gasteiger partial charge in [-0.2, -0.15) is 0 Å². The average molecular weight is 601 g/mol. The lowest BCUT2D eigenvalue weighted by molar-refractivity contribution is -0.127. The van der Waals surface area contributed by atoms with Crippen molar-refractivity contribution in [1.82, 2.24) is 9.47 Å². The van der Waals surface area contributed by atoms with E-state index < -0.39 is 23.6 Å². The van der Waals surface area contributed by atoms with Crippen LogP contribution in [-0.2, 0) is 20.9 Å². The lowest BCUT2D eigenvalue weighted by Crippen LogP contribution is -2.36. The Labute approximate surface area is 249 Å². The minimum Gasteiger partial charge on any atom is -0.454 e. The summed E-state index contributed by atoms with van der Waals surface area (Å²) in [5, 5.41) is 5.90. The Balaban J connectivity index is 1.17. The summed E-state index contributed by atoms with van der Waals surface area (Å²) in [6.45, 7) is -0.236. The molecular formula is C30H24N4O6S2. The maximum atomic E-state index is 13.2. The zero-order valence-corrected chi connectivity index (χ0v) is 23.9. The molecule has 3 heterocycles. The zero-order chi connectivity index (χ0) is 29.2. The fraction of sp³-hybridized carbons (Fsp3) is 0.133. The summed E-state index contributed by atoms with van der Waals surface area (Å²) in [4.78, 5) is 53.5. The molecule has 0 unspecified atom stereocenters. The number of anilines is 2. The number of amides is 4. The summed E-state index contributed by atoms with van der Waals surface area (Å²) < 4.78 is 12.5. The number of benzene rings is 3. The number of nitrogens with zero attached hydrogens (tertiary/aromatic N) is 2. The van der Waals surface area contributed by atoms with Crippen molar-refractivity contribution < 1.29 is 28.7 Å². The van der Waals surface area contributed by atoms with Crippen LogP contribution in [0.5, 0.6) is 11.5 Å². The number of ether oxygens (including phenoxy) is 2. The first-order valence-corrected chi connectivity index (χ1v) is 14.9. The van der Waals surface area contributed by atoms with Crippen LogP contribution in [0.1, 0.15) is 5.56 Å². The van der Waals surface area contributed by atoms with Gasteiger partial charge in [-0.3, -0.25) is 24.1 Å². The molecule has 2 N–H and O–H groups in total. The van der Waals surface area contributed by atoms with Crippen molar-refractivity contribution in [2.24, 2.45) is 0 Å². The predicted octanol–water partition coefficient (Wildman–Crippen LogP) is 5.41. The highest BCUT2D eigenvalue weighted by Gasteiger charge is 2.36. The number of fused-ring (bicyclic) bond motifs is 2. The van der Waals surface area contributed by atoms with Crippen molar-refractivity contribution in [3.8, 4) is 11.5 Å². The van der Waals surface area contributed by atoms with Crippen LogP contribution in [0.2, 0.25) is 0 Å². The average Bonchev–Trinajstić information content (AvgIpc) is 3.66. The maximum absolute atomic E-state index is 13.2. The molecular weight excluding hydrogens is 576 g/mol. The maximum Gasteiger partial charge on any atom is 0.294 e. The molecule has 0 saturated carbocycles. The number of para-hydroxylation sites is 1. The number of hydrogen-bond donors (Lipinski definition) is 2. The van der Waals surface area contributed by atoms with Crippen LogP contribution < -0.4 is 20.1 Å². The van der Waals surface area contributed by atoms with Crippen LogP contribution in [0.3, 0.4) is 0 Å². The first-order valence-electron chi connectivity index (χ1n) is 12.8. The molecule has 0 radical (unpaired) electrons. The van der Waals surface area contributed by atoms with Crippen LogP contribution in [0, 0.1) is 0 Å². The molecule has 212 valence electrons. The Hall–Kier alpha value is -4.68. The minimum absolute atomic E-state index is 0.0161. The monoisotopic (exact) mass is 600 g/mol. The molecule has 0 atom stereocenters. The van der Waals surface area contributed by atoms with Crippen molar-refractivity contribution >= 4 is 74.8 Å². The number of nitrogens with one attached hydrogen (secondary N) is 2. The Morgan fingerprint density at radius 2 is 1.69 bits per heavy atom. The Kier molecular flexibility index (Phi) is 7.64. The summed E-state index contributed by atoms with van der Waals surface area (Å²) in [7, 11) is 0. The Morgan fingerprint density at radius 1 is 0.929 bits per heavy atom. The predicted molar refractivity (Wildman–Crippen MR) is 163 cm³/mol. The molecule has 1 aromatic heterocycles. The van der Waals surface area contributed by atoms with Gasteiger partial charge in [0.05, 0.1) is 4.91 Å². The molecule has 12 heteroatoms. The number of aromatic nitrogens is 1. The van der Waals surface area contributed by atoms with Crippen molar-refractivity contribution in [2.45, 2.75) is 11.4 Å². The van der Waals surface area contributed by atoms with Gasteiger partial charge in [-0.05, 0) is 60.5 Å². The van der Waals surface area contributed by atoms with Crippen LogP contribution in [0.4, 0.5) is 16.2 Å². The molecule has 6 rings (SSSR count). The highest BCUT2D eigenvalue weighted by atomic mass is 32.2. The quantitative estimate of drug-likeness (QED) is 0.204. The van der Waals surface area contributed by atoms with Crippen LogP contribution >= 0.6 is 23.5 Å². The Bertz CT molecular complexity index is 1780. The van der Waals surface area contributed by atoms with E-state index in [9.17, 15) is 19.2 Å². The van der Waals surface area contributed by atoms with Gasteiger partial charge >= 0.3 is 0 Å². The molecule has 1 fully saturated rings. The van der Waals surface area contributed by atoms with Gasteiger partial charge in [0.15, 0.2) is 11.5 Å². The summed E-state index contributed by atoms with van der Waals surface area (Å²) in [5.74, 6) is -0.0781. The molecule has 10 nitrogen and oxygen atoms in total.